The molecular weight excluding hydrogens is 636 g/mol. The van der Waals surface area contributed by atoms with E-state index in [1.54, 1.807) is 97.1 Å². The van der Waals surface area contributed by atoms with Crippen LogP contribution in [0.5, 0.6) is 11.5 Å². The number of carbonyl (C=O) groups is 4. The van der Waals surface area contributed by atoms with Gasteiger partial charge < -0.3 is 29.5 Å². The minimum absolute atomic E-state index is 0.162. The van der Waals surface area contributed by atoms with Crippen LogP contribution in [0.15, 0.2) is 121 Å². The van der Waals surface area contributed by atoms with Crippen LogP contribution in [-0.4, -0.2) is 56.9 Å². The number of carboxylic acids is 2. The molecule has 5 rings (SSSR count). The topological polar surface area (TPSA) is 134 Å². The first-order valence-corrected chi connectivity index (χ1v) is 16.9. The molecule has 2 unspecified atom stereocenters. The van der Waals surface area contributed by atoms with Gasteiger partial charge in [0.1, 0.15) is 11.5 Å². The largest absolute Gasteiger partial charge is 0.481 e. The number of hydrogen-bond donors (Lipinski definition) is 2. The van der Waals surface area contributed by atoms with Crippen molar-refractivity contribution in [1.29, 1.82) is 0 Å². The van der Waals surface area contributed by atoms with E-state index < -0.39 is 59.9 Å². The van der Waals surface area contributed by atoms with Gasteiger partial charge in [0.05, 0.1) is 23.7 Å². The number of para-hydroxylation sites is 2. The third kappa shape index (κ3) is 7.80. The van der Waals surface area contributed by atoms with Crippen LogP contribution in [-0.2, 0) is 19.2 Å². The van der Waals surface area contributed by atoms with E-state index in [-0.39, 0.29) is 13.1 Å². The van der Waals surface area contributed by atoms with Crippen LogP contribution in [0.3, 0.4) is 0 Å². The lowest BCUT2D eigenvalue weighted by Crippen LogP contribution is -2.65. The second-order valence-corrected chi connectivity index (χ2v) is 12.2. The number of aliphatic carboxylic acids is 2. The molecule has 1 fully saturated rings. The molecular formula is C40H42N2O8. The molecule has 4 aromatic carbocycles. The highest BCUT2D eigenvalue weighted by atomic mass is 16.5. The fourth-order valence-corrected chi connectivity index (χ4v) is 6.64. The molecule has 1 aliphatic rings. The summed E-state index contributed by atoms with van der Waals surface area (Å²) in [6.07, 6.45) is -0.987. The Morgan fingerprint density at radius 1 is 0.520 bits per heavy atom. The van der Waals surface area contributed by atoms with Gasteiger partial charge in [-0.15, -0.1) is 0 Å². The molecule has 2 N–H and O–H groups in total. The Kier molecular flexibility index (Phi) is 11.9. The van der Waals surface area contributed by atoms with Gasteiger partial charge in [0.2, 0.25) is 24.3 Å². The second-order valence-electron chi connectivity index (χ2n) is 12.2. The number of hydrogen-bond acceptors (Lipinski definition) is 6. The zero-order chi connectivity index (χ0) is 35.6. The summed E-state index contributed by atoms with van der Waals surface area (Å²) in [4.78, 5) is 58.0. The highest BCUT2D eigenvalue weighted by Gasteiger charge is 2.65. The van der Waals surface area contributed by atoms with E-state index in [9.17, 15) is 29.4 Å². The molecule has 0 aromatic heterocycles. The number of carbonyl (C=O) groups excluding carboxylic acids is 2. The smallest absolute Gasteiger partial charge is 0.308 e. The lowest BCUT2D eigenvalue weighted by atomic mass is 9.55. The molecule has 1 saturated carbocycles. The average Bonchev–Trinajstić information content (AvgIpc) is 3.12. The van der Waals surface area contributed by atoms with Crippen molar-refractivity contribution in [1.82, 2.24) is 9.80 Å². The van der Waals surface area contributed by atoms with Gasteiger partial charge in [-0.2, -0.15) is 0 Å². The molecule has 0 spiro atoms. The summed E-state index contributed by atoms with van der Waals surface area (Å²) in [5.41, 5.74) is 1.27. The summed E-state index contributed by atoms with van der Waals surface area (Å²) in [6, 6.07) is 35.9. The molecule has 6 atom stereocenters. The van der Waals surface area contributed by atoms with Gasteiger partial charge in [0, 0.05) is 24.2 Å². The van der Waals surface area contributed by atoms with Crippen LogP contribution in [0.4, 0.5) is 0 Å². The number of amides is 2. The first kappa shape index (κ1) is 35.7. The maximum absolute atomic E-state index is 14.8. The average molecular weight is 679 g/mol. The summed E-state index contributed by atoms with van der Waals surface area (Å²) in [5, 5.41) is 20.8. The Hall–Kier alpha value is -5.64. The van der Waals surface area contributed by atoms with E-state index in [4.69, 9.17) is 9.47 Å². The molecule has 50 heavy (non-hydrogen) atoms. The SMILES string of the molecule is CCCN(C(=O)[C@@H]1[C@H](C(=O)O)[C@@H](C(=O)O)[C@H]1C(=O)N(CCC)C(Oc1ccccc1)c1ccccc1)C(Oc1ccccc1)c1ccccc1. The van der Waals surface area contributed by atoms with Crippen molar-refractivity contribution in [3.63, 3.8) is 0 Å². The highest BCUT2D eigenvalue weighted by Crippen LogP contribution is 2.50. The van der Waals surface area contributed by atoms with Crippen LogP contribution in [0.1, 0.15) is 50.3 Å². The summed E-state index contributed by atoms with van der Waals surface area (Å²) in [6.45, 7) is 4.07. The molecule has 0 aliphatic heterocycles. The minimum Gasteiger partial charge on any atom is -0.481 e. The molecule has 0 heterocycles. The van der Waals surface area contributed by atoms with Gasteiger partial charge in [-0.05, 0) is 37.1 Å². The molecule has 10 heteroatoms. The second kappa shape index (κ2) is 16.6. The predicted molar refractivity (Wildman–Crippen MR) is 186 cm³/mol. The quantitative estimate of drug-likeness (QED) is 0.126. The molecule has 1 aliphatic carbocycles. The van der Waals surface area contributed by atoms with Crippen molar-refractivity contribution in [2.24, 2.45) is 23.7 Å². The van der Waals surface area contributed by atoms with E-state index in [1.165, 1.54) is 9.80 Å². The lowest BCUT2D eigenvalue weighted by Gasteiger charge is -2.49. The number of benzene rings is 4. The van der Waals surface area contributed by atoms with E-state index in [0.717, 1.165) is 0 Å². The molecule has 4 aromatic rings. The van der Waals surface area contributed by atoms with E-state index in [0.29, 0.717) is 35.5 Å². The Morgan fingerprint density at radius 2 is 0.820 bits per heavy atom. The minimum atomic E-state index is -1.64. The van der Waals surface area contributed by atoms with Crippen LogP contribution >= 0.6 is 0 Å². The molecule has 10 nitrogen and oxygen atoms in total. The van der Waals surface area contributed by atoms with E-state index in [1.807, 2.05) is 38.1 Å². The highest BCUT2D eigenvalue weighted by molar-refractivity contribution is 6.00. The van der Waals surface area contributed by atoms with Gasteiger partial charge in [-0.1, -0.05) is 111 Å². The van der Waals surface area contributed by atoms with Crippen molar-refractivity contribution in [2.75, 3.05) is 13.1 Å². The van der Waals surface area contributed by atoms with Crippen molar-refractivity contribution < 1.29 is 38.9 Å². The maximum Gasteiger partial charge on any atom is 0.308 e. The van der Waals surface area contributed by atoms with Crippen LogP contribution < -0.4 is 9.47 Å². The van der Waals surface area contributed by atoms with Crippen molar-refractivity contribution >= 4 is 23.8 Å². The first-order chi connectivity index (χ1) is 24.3. The summed E-state index contributed by atoms with van der Waals surface area (Å²) in [5.74, 6) is -9.55. The Morgan fingerprint density at radius 3 is 1.10 bits per heavy atom. The van der Waals surface area contributed by atoms with Crippen LogP contribution in [0.2, 0.25) is 0 Å². The summed E-state index contributed by atoms with van der Waals surface area (Å²) in [7, 11) is 0. The number of rotatable bonds is 16. The van der Waals surface area contributed by atoms with Gasteiger partial charge >= 0.3 is 11.9 Å². The molecule has 0 radical (unpaired) electrons. The van der Waals surface area contributed by atoms with Crippen LogP contribution in [0.25, 0.3) is 0 Å². The maximum atomic E-state index is 14.8. The van der Waals surface area contributed by atoms with Crippen molar-refractivity contribution in [3.05, 3.63) is 132 Å². The third-order valence-electron chi connectivity index (χ3n) is 8.90. The number of ether oxygens (including phenoxy) is 2. The zero-order valence-corrected chi connectivity index (χ0v) is 28.1. The monoisotopic (exact) mass is 678 g/mol. The van der Waals surface area contributed by atoms with Gasteiger partial charge in [0.15, 0.2) is 0 Å². The van der Waals surface area contributed by atoms with Crippen molar-refractivity contribution in [3.8, 4) is 11.5 Å². The Bertz CT molecular complexity index is 1590. The van der Waals surface area contributed by atoms with Crippen molar-refractivity contribution in [2.45, 2.75) is 39.1 Å². The summed E-state index contributed by atoms with van der Waals surface area (Å²) >= 11 is 0. The molecule has 2 amide bonds. The Balaban J connectivity index is 1.58. The van der Waals surface area contributed by atoms with Crippen LogP contribution in [0, 0.1) is 23.7 Å². The summed E-state index contributed by atoms with van der Waals surface area (Å²) < 4.78 is 12.8. The number of carboxylic acid groups (broad SMARTS) is 2. The van der Waals surface area contributed by atoms with E-state index >= 15 is 0 Å². The van der Waals surface area contributed by atoms with Gasteiger partial charge in [-0.3, -0.25) is 19.2 Å². The molecule has 0 bridgehead atoms. The fraction of sp³-hybridized carbons (Fsp3) is 0.300. The Labute approximate surface area is 291 Å². The standard InChI is InChI=1S/C40H42N2O8/c1-3-25-41(37(27-17-9-5-10-18-27)49-29-21-13-7-14-22-29)35(43)31-32(34(40(47)48)33(31)39(45)46)36(44)42(26-4-2)38(28-19-11-6-12-20-28)50-30-23-15-8-16-24-30/h5-24,31-34,37-38H,3-4,25-26H2,1-2H3,(H,45,46)(H,47,48)/t31-,32-,33-,34-,37?,38?/m0/s1. The normalized spacial score (nSPS) is 19.2. The molecule has 0 saturated heterocycles. The fourth-order valence-electron chi connectivity index (χ4n) is 6.64. The predicted octanol–water partition coefficient (Wildman–Crippen LogP) is 6.67. The molecule has 260 valence electrons. The van der Waals surface area contributed by atoms with Gasteiger partial charge in [0.25, 0.3) is 0 Å². The van der Waals surface area contributed by atoms with Gasteiger partial charge in [-0.25, -0.2) is 0 Å². The van der Waals surface area contributed by atoms with E-state index in [2.05, 4.69) is 0 Å². The third-order valence-corrected chi connectivity index (χ3v) is 8.90. The first-order valence-electron chi connectivity index (χ1n) is 16.9. The lowest BCUT2D eigenvalue weighted by molar-refractivity contribution is -0.192. The number of nitrogens with zero attached hydrogens (tertiary/aromatic N) is 2. The zero-order valence-electron chi connectivity index (χ0n) is 28.1.